The van der Waals surface area contributed by atoms with E-state index in [0.717, 1.165) is 56.9 Å². The van der Waals surface area contributed by atoms with Crippen LogP contribution in [0.4, 0.5) is 4.79 Å². The van der Waals surface area contributed by atoms with Gasteiger partial charge in [0.2, 0.25) is 0 Å². The number of aliphatic hydroxyl groups is 2. The molecular formula is C35H54N2O6. The van der Waals surface area contributed by atoms with E-state index in [1.54, 1.807) is 0 Å². The molecule has 11 atom stereocenters. The van der Waals surface area contributed by atoms with Gasteiger partial charge in [-0.05, 0) is 109 Å². The number of hydrogen-bond donors (Lipinski definition) is 4. The molecule has 4 N–H and O–H groups in total. The Hall–Kier alpha value is -2.16. The van der Waals surface area contributed by atoms with Crippen molar-refractivity contribution in [2.75, 3.05) is 13.2 Å². The van der Waals surface area contributed by atoms with Crippen LogP contribution in [-0.4, -0.2) is 57.8 Å². The predicted molar refractivity (Wildman–Crippen MR) is 164 cm³/mol. The monoisotopic (exact) mass is 598 g/mol. The molecule has 0 saturated heterocycles. The summed E-state index contributed by atoms with van der Waals surface area (Å²) in [4.78, 5) is 24.5. The van der Waals surface area contributed by atoms with E-state index in [2.05, 4.69) is 33.0 Å². The highest BCUT2D eigenvalue weighted by atomic mass is 16.5. The fourth-order valence-corrected chi connectivity index (χ4v) is 10.6. The Kier molecular flexibility index (Phi) is 9.79. The normalized spacial score (nSPS) is 39.1. The zero-order valence-corrected chi connectivity index (χ0v) is 26.6. The lowest BCUT2D eigenvalue weighted by Crippen LogP contribution is -2.62. The first-order valence-electron chi connectivity index (χ1n) is 16.8. The molecule has 0 aliphatic heterocycles. The Labute approximate surface area is 257 Å². The van der Waals surface area contributed by atoms with Crippen LogP contribution >= 0.6 is 0 Å². The summed E-state index contributed by atoms with van der Waals surface area (Å²) in [6.07, 6.45) is 7.95. The number of hydrogen-bond acceptors (Lipinski definition) is 6. The van der Waals surface area contributed by atoms with Crippen molar-refractivity contribution in [3.8, 4) is 0 Å². The molecule has 0 bridgehead atoms. The molecule has 5 rings (SSSR count). The maximum atomic E-state index is 12.3. The number of alkyl carbamates (subject to hydrolysis) is 1. The van der Waals surface area contributed by atoms with E-state index in [1.165, 1.54) is 6.42 Å². The van der Waals surface area contributed by atoms with Crippen LogP contribution in [-0.2, 0) is 16.1 Å². The first-order valence-corrected chi connectivity index (χ1v) is 16.8. The van der Waals surface area contributed by atoms with Crippen LogP contribution in [0.5, 0.6) is 0 Å². The number of carbonyl (C=O) groups excluding carboxylic acids is 2. The molecule has 8 nitrogen and oxygen atoms in total. The Balaban J connectivity index is 1.13. The average Bonchev–Trinajstić information content (AvgIpc) is 3.34. The van der Waals surface area contributed by atoms with Crippen LogP contribution in [0.3, 0.4) is 0 Å². The van der Waals surface area contributed by atoms with Crippen molar-refractivity contribution >= 4 is 12.0 Å². The average molecular weight is 599 g/mol. The van der Waals surface area contributed by atoms with E-state index in [9.17, 15) is 25.0 Å². The summed E-state index contributed by atoms with van der Waals surface area (Å²) in [6.45, 7) is 9.43. The van der Waals surface area contributed by atoms with Gasteiger partial charge >= 0.3 is 6.09 Å². The molecular weight excluding hydrogens is 544 g/mol. The van der Waals surface area contributed by atoms with Crippen molar-refractivity contribution in [1.29, 1.82) is 0 Å². The Morgan fingerprint density at radius 2 is 1.72 bits per heavy atom. The second-order valence-electron chi connectivity index (χ2n) is 14.8. The van der Waals surface area contributed by atoms with E-state index in [1.807, 2.05) is 30.3 Å². The number of benzene rings is 1. The van der Waals surface area contributed by atoms with Crippen LogP contribution in [0.15, 0.2) is 30.3 Å². The molecule has 1 aromatic rings. The van der Waals surface area contributed by atoms with Crippen molar-refractivity contribution in [3.63, 3.8) is 0 Å². The maximum absolute atomic E-state index is 12.3. The van der Waals surface area contributed by atoms with Gasteiger partial charge in [0, 0.05) is 0 Å². The number of aliphatic hydroxyl groups excluding tert-OH is 2. The highest BCUT2D eigenvalue weighted by Gasteiger charge is 2.64. The number of rotatable bonds is 9. The molecule has 8 heteroatoms. The van der Waals surface area contributed by atoms with Crippen LogP contribution in [0.2, 0.25) is 0 Å². The minimum absolute atomic E-state index is 0.0513. The minimum atomic E-state index is -0.652. The SMILES string of the molecule is CC[C@@H]1C2C[C@H](O)CCC2(C)[C@H]2CCC3(C)[C@@H]([C@H](C)CCOC(=O)NCC(=O)N(O)Cc4ccccc4)CC[C@H]3[C@H]2[C@@H]1O. The lowest BCUT2D eigenvalue weighted by molar-refractivity contribution is -0.203. The lowest BCUT2D eigenvalue weighted by atomic mass is 9.41. The largest absolute Gasteiger partial charge is 0.450 e. The molecule has 0 aromatic heterocycles. The molecule has 4 aliphatic carbocycles. The van der Waals surface area contributed by atoms with Gasteiger partial charge in [-0.25, -0.2) is 9.86 Å². The Morgan fingerprint density at radius 3 is 2.44 bits per heavy atom. The van der Waals surface area contributed by atoms with Gasteiger partial charge in [0.05, 0.1) is 25.4 Å². The van der Waals surface area contributed by atoms with Gasteiger partial charge in [0.15, 0.2) is 0 Å². The number of fused-ring (bicyclic) bond motifs is 5. The predicted octanol–water partition coefficient (Wildman–Crippen LogP) is 5.78. The quantitative estimate of drug-likeness (QED) is 0.211. The van der Waals surface area contributed by atoms with E-state index < -0.39 is 12.0 Å². The van der Waals surface area contributed by atoms with Crippen LogP contribution < -0.4 is 5.32 Å². The lowest BCUT2D eigenvalue weighted by Gasteiger charge is -2.64. The Morgan fingerprint density at radius 1 is 1.02 bits per heavy atom. The van der Waals surface area contributed by atoms with Crippen molar-refractivity contribution < 1.29 is 29.7 Å². The van der Waals surface area contributed by atoms with Gasteiger partial charge in [-0.15, -0.1) is 0 Å². The van der Waals surface area contributed by atoms with Crippen molar-refractivity contribution in [2.45, 2.75) is 104 Å². The molecule has 4 fully saturated rings. The molecule has 0 spiro atoms. The Bertz CT molecular complexity index is 1120. The standard InChI is InChI=1S/C35H54N2O6/c1-5-25-29-19-24(38)13-16-35(29,4)28-14-17-34(3)26(11-12-27(34)31(28)32(25)40)22(2)15-18-43-33(41)36-20-30(39)37(42)21-23-9-7-6-8-10-23/h6-10,22,24-29,31-32,38,40,42H,5,11-21H2,1-4H3,(H,36,41)/t22-,24-,25-,26-,27+,28+,29?,31-,32-,34?,35?/m1/s1. The highest BCUT2D eigenvalue weighted by Crippen LogP contribution is 2.69. The third-order valence-electron chi connectivity index (χ3n) is 12.8. The van der Waals surface area contributed by atoms with Crippen LogP contribution in [0, 0.1) is 52.3 Å². The molecule has 240 valence electrons. The second kappa shape index (κ2) is 13.1. The highest BCUT2D eigenvalue weighted by molar-refractivity contribution is 5.81. The van der Waals surface area contributed by atoms with Crippen molar-refractivity contribution in [1.82, 2.24) is 10.4 Å². The molecule has 0 heterocycles. The fraction of sp³-hybridized carbons (Fsp3) is 0.771. The van der Waals surface area contributed by atoms with Gasteiger partial charge in [0.25, 0.3) is 5.91 Å². The van der Waals surface area contributed by atoms with Gasteiger partial charge in [-0.1, -0.05) is 64.4 Å². The molecule has 3 unspecified atom stereocenters. The van der Waals surface area contributed by atoms with E-state index in [4.69, 9.17) is 4.74 Å². The number of nitrogens with one attached hydrogen (secondary N) is 1. The fourth-order valence-electron chi connectivity index (χ4n) is 10.6. The zero-order valence-electron chi connectivity index (χ0n) is 26.6. The number of ether oxygens (including phenoxy) is 1. The summed E-state index contributed by atoms with van der Waals surface area (Å²) in [5.41, 5.74) is 1.16. The summed E-state index contributed by atoms with van der Waals surface area (Å²) in [7, 11) is 0. The molecule has 0 radical (unpaired) electrons. The topological polar surface area (TPSA) is 119 Å². The van der Waals surface area contributed by atoms with Gasteiger partial charge in [-0.3, -0.25) is 10.0 Å². The third-order valence-corrected chi connectivity index (χ3v) is 12.8. The van der Waals surface area contributed by atoms with Gasteiger partial charge in [-0.2, -0.15) is 0 Å². The molecule has 4 saturated carbocycles. The van der Waals surface area contributed by atoms with E-state index in [-0.39, 0.29) is 48.7 Å². The smallest absolute Gasteiger partial charge is 0.407 e. The molecule has 43 heavy (non-hydrogen) atoms. The van der Waals surface area contributed by atoms with Crippen LogP contribution in [0.25, 0.3) is 0 Å². The number of amides is 2. The molecule has 4 aliphatic rings. The summed E-state index contributed by atoms with van der Waals surface area (Å²) in [5.74, 6) is 2.29. The third kappa shape index (κ3) is 6.21. The van der Waals surface area contributed by atoms with E-state index in [0.29, 0.717) is 40.6 Å². The van der Waals surface area contributed by atoms with Gasteiger partial charge < -0.3 is 20.3 Å². The zero-order chi connectivity index (χ0) is 30.9. The van der Waals surface area contributed by atoms with E-state index >= 15 is 0 Å². The number of hydroxylamine groups is 2. The summed E-state index contributed by atoms with van der Waals surface area (Å²) < 4.78 is 5.44. The first-order chi connectivity index (χ1) is 20.5. The minimum Gasteiger partial charge on any atom is -0.450 e. The molecule has 2 amide bonds. The van der Waals surface area contributed by atoms with Crippen LogP contribution in [0.1, 0.15) is 91.0 Å². The maximum Gasteiger partial charge on any atom is 0.407 e. The molecule has 1 aromatic carbocycles. The summed E-state index contributed by atoms with van der Waals surface area (Å²) in [6, 6.07) is 9.16. The number of carbonyl (C=O) groups is 2. The van der Waals surface area contributed by atoms with Crippen molar-refractivity contribution in [3.05, 3.63) is 35.9 Å². The summed E-state index contributed by atoms with van der Waals surface area (Å²) >= 11 is 0. The van der Waals surface area contributed by atoms with Crippen molar-refractivity contribution in [2.24, 2.45) is 52.3 Å². The number of nitrogens with zero attached hydrogens (tertiary/aromatic N) is 1. The summed E-state index contributed by atoms with van der Waals surface area (Å²) in [5, 5.41) is 35.5. The second-order valence-corrected chi connectivity index (χ2v) is 14.8. The first kappa shape index (κ1) is 32.2. The van der Waals surface area contributed by atoms with Gasteiger partial charge in [0.1, 0.15) is 6.54 Å².